The molecule has 0 unspecified atom stereocenters. The number of hydrogen-bond donors (Lipinski definition) is 1. The third-order valence-electron chi connectivity index (χ3n) is 1.14. The van der Waals surface area contributed by atoms with E-state index in [0.29, 0.717) is 5.02 Å². The maximum atomic E-state index is 12.5. The second-order valence-corrected chi connectivity index (χ2v) is 2.95. The second-order valence-electron chi connectivity index (χ2n) is 1.93. The van der Waals surface area contributed by atoms with E-state index < -0.39 is 0 Å². The Labute approximate surface area is 87.8 Å². The van der Waals surface area contributed by atoms with Crippen molar-refractivity contribution in [1.29, 1.82) is 0 Å². The van der Waals surface area contributed by atoms with Gasteiger partial charge in [0.05, 0.1) is 10.7 Å². The number of nitrogens with one attached hydrogen (secondary N) is 1. The zero-order chi connectivity index (χ0) is 10.3. The second kappa shape index (κ2) is 7.04. The van der Waals surface area contributed by atoms with Gasteiger partial charge in [0.15, 0.2) is 0 Å². The predicted molar refractivity (Wildman–Crippen MR) is 59.9 cm³/mol. The lowest BCUT2D eigenvalue weighted by molar-refractivity contribution is 0.628. The van der Waals surface area contributed by atoms with Gasteiger partial charge < -0.3 is 4.72 Å². The van der Waals surface area contributed by atoms with Crippen molar-refractivity contribution >= 4 is 29.2 Å². The lowest BCUT2D eigenvalue weighted by Crippen LogP contribution is -1.86. The SMILES string of the molecule is CC.CSNc1ccc(F)cc1Cl. The van der Waals surface area contributed by atoms with Crippen LogP contribution in [0.3, 0.4) is 0 Å². The molecule has 0 aliphatic rings. The summed E-state index contributed by atoms with van der Waals surface area (Å²) >= 11 is 7.11. The van der Waals surface area contributed by atoms with Crippen LogP contribution in [0, 0.1) is 5.82 Å². The molecule has 1 aromatic carbocycles. The van der Waals surface area contributed by atoms with E-state index in [1.807, 2.05) is 20.1 Å². The smallest absolute Gasteiger partial charge is 0.124 e. The zero-order valence-electron chi connectivity index (χ0n) is 7.90. The van der Waals surface area contributed by atoms with Gasteiger partial charge in [0, 0.05) is 6.26 Å². The van der Waals surface area contributed by atoms with Crippen molar-refractivity contribution in [3.8, 4) is 0 Å². The van der Waals surface area contributed by atoms with E-state index in [1.54, 1.807) is 6.07 Å². The molecule has 0 radical (unpaired) electrons. The number of halogens is 2. The molecule has 0 aromatic heterocycles. The van der Waals surface area contributed by atoms with Gasteiger partial charge >= 0.3 is 0 Å². The highest BCUT2D eigenvalue weighted by atomic mass is 35.5. The van der Waals surface area contributed by atoms with Crippen molar-refractivity contribution in [3.05, 3.63) is 29.0 Å². The largest absolute Gasteiger partial charge is 0.329 e. The Bertz CT molecular complexity index is 255. The Hall–Kier alpha value is -0.410. The molecule has 0 amide bonds. The summed E-state index contributed by atoms with van der Waals surface area (Å²) in [5.74, 6) is -0.318. The fourth-order valence-corrected chi connectivity index (χ4v) is 1.35. The minimum absolute atomic E-state index is 0.318. The van der Waals surface area contributed by atoms with E-state index in [-0.39, 0.29) is 5.82 Å². The Morgan fingerprint density at radius 1 is 1.38 bits per heavy atom. The Morgan fingerprint density at radius 3 is 2.46 bits per heavy atom. The van der Waals surface area contributed by atoms with Crippen LogP contribution < -0.4 is 4.72 Å². The highest BCUT2D eigenvalue weighted by Crippen LogP contribution is 2.23. The molecule has 4 heteroatoms. The van der Waals surface area contributed by atoms with Gasteiger partial charge in [0.2, 0.25) is 0 Å². The van der Waals surface area contributed by atoms with Crippen LogP contribution >= 0.6 is 23.5 Å². The van der Waals surface area contributed by atoms with E-state index in [9.17, 15) is 4.39 Å². The average Bonchev–Trinajstić information content (AvgIpc) is 2.14. The summed E-state index contributed by atoms with van der Waals surface area (Å²) in [4.78, 5) is 0. The third kappa shape index (κ3) is 4.39. The van der Waals surface area contributed by atoms with E-state index >= 15 is 0 Å². The number of rotatable bonds is 2. The van der Waals surface area contributed by atoms with E-state index in [4.69, 9.17) is 11.6 Å². The lowest BCUT2D eigenvalue weighted by Gasteiger charge is -2.03. The molecule has 0 aliphatic carbocycles. The van der Waals surface area contributed by atoms with Gasteiger partial charge in [0.25, 0.3) is 0 Å². The van der Waals surface area contributed by atoms with Crippen molar-refractivity contribution in [2.24, 2.45) is 0 Å². The number of benzene rings is 1. The first-order valence-corrected chi connectivity index (χ1v) is 5.58. The normalized spacial score (nSPS) is 8.69. The molecule has 0 aliphatic heterocycles. The van der Waals surface area contributed by atoms with Crippen molar-refractivity contribution in [3.63, 3.8) is 0 Å². The molecule has 0 spiro atoms. The highest BCUT2D eigenvalue weighted by molar-refractivity contribution is 7.99. The zero-order valence-corrected chi connectivity index (χ0v) is 9.47. The first-order valence-electron chi connectivity index (χ1n) is 3.98. The molecule has 1 aromatic rings. The molecule has 0 atom stereocenters. The molecule has 1 nitrogen and oxygen atoms in total. The summed E-state index contributed by atoms with van der Waals surface area (Å²) in [7, 11) is 0. The van der Waals surface area contributed by atoms with Gasteiger partial charge in [-0.05, 0) is 18.2 Å². The molecule has 13 heavy (non-hydrogen) atoms. The van der Waals surface area contributed by atoms with Crippen LogP contribution in [0.2, 0.25) is 5.02 Å². The molecule has 1 rings (SSSR count). The van der Waals surface area contributed by atoms with Gasteiger partial charge in [0.1, 0.15) is 5.82 Å². The Morgan fingerprint density at radius 2 is 2.00 bits per heavy atom. The maximum Gasteiger partial charge on any atom is 0.124 e. The van der Waals surface area contributed by atoms with Crippen LogP contribution in [0.1, 0.15) is 13.8 Å². The summed E-state index contributed by atoms with van der Waals surface area (Å²) in [6.07, 6.45) is 1.87. The molecular weight excluding hydrogens is 209 g/mol. The fourth-order valence-electron chi connectivity index (χ4n) is 0.682. The van der Waals surface area contributed by atoms with E-state index in [0.717, 1.165) is 5.69 Å². The predicted octanol–water partition coefficient (Wildman–Crippen LogP) is 4.20. The Kier molecular flexibility index (Phi) is 6.82. The van der Waals surface area contributed by atoms with Gasteiger partial charge in [-0.2, -0.15) is 0 Å². The molecule has 1 N–H and O–H groups in total. The summed E-state index contributed by atoms with van der Waals surface area (Å²) < 4.78 is 15.4. The van der Waals surface area contributed by atoms with Crippen LogP contribution in [0.5, 0.6) is 0 Å². The first kappa shape index (κ1) is 12.6. The molecule has 0 saturated heterocycles. The first-order chi connectivity index (χ1) is 6.24. The number of anilines is 1. The van der Waals surface area contributed by atoms with Crippen LogP contribution in [0.15, 0.2) is 18.2 Å². The topological polar surface area (TPSA) is 12.0 Å². The molecule has 0 heterocycles. The van der Waals surface area contributed by atoms with Crippen molar-refractivity contribution in [2.45, 2.75) is 13.8 Å². The fraction of sp³-hybridized carbons (Fsp3) is 0.333. The summed E-state index contributed by atoms with van der Waals surface area (Å²) in [5.41, 5.74) is 0.737. The van der Waals surface area contributed by atoms with Gasteiger partial charge in [-0.3, -0.25) is 0 Å². The minimum atomic E-state index is -0.318. The molecule has 74 valence electrons. The van der Waals surface area contributed by atoms with Gasteiger partial charge in [-0.1, -0.05) is 37.4 Å². The maximum absolute atomic E-state index is 12.5. The molecule has 0 bridgehead atoms. The monoisotopic (exact) mass is 221 g/mol. The summed E-state index contributed by atoms with van der Waals surface area (Å²) in [6.45, 7) is 4.00. The van der Waals surface area contributed by atoms with Crippen molar-refractivity contribution in [1.82, 2.24) is 0 Å². The quantitative estimate of drug-likeness (QED) is 0.752. The summed E-state index contributed by atoms with van der Waals surface area (Å²) in [6, 6.07) is 4.25. The average molecular weight is 222 g/mol. The number of hydrogen-bond acceptors (Lipinski definition) is 2. The van der Waals surface area contributed by atoms with Crippen LogP contribution in [-0.2, 0) is 0 Å². The van der Waals surface area contributed by atoms with Crippen molar-refractivity contribution < 1.29 is 4.39 Å². The molecule has 0 saturated carbocycles. The van der Waals surface area contributed by atoms with Crippen molar-refractivity contribution in [2.75, 3.05) is 11.0 Å². The molecular formula is C9H13ClFNS. The molecule has 0 fully saturated rings. The minimum Gasteiger partial charge on any atom is -0.329 e. The third-order valence-corrected chi connectivity index (χ3v) is 1.88. The van der Waals surface area contributed by atoms with Crippen LogP contribution in [-0.4, -0.2) is 6.26 Å². The Balaban J connectivity index is 0.000000671. The standard InChI is InChI=1S/C7H7ClFNS.C2H6/c1-11-10-7-3-2-5(9)4-6(7)8;1-2/h2-4,10H,1H3;1-2H3. The summed E-state index contributed by atoms with van der Waals surface area (Å²) in [5, 5.41) is 0.402. The van der Waals surface area contributed by atoms with Gasteiger partial charge in [-0.25, -0.2) is 4.39 Å². The highest BCUT2D eigenvalue weighted by Gasteiger charge is 1.99. The van der Waals surface area contributed by atoms with E-state index in [2.05, 4.69) is 4.72 Å². The lowest BCUT2D eigenvalue weighted by atomic mass is 10.3. The van der Waals surface area contributed by atoms with Gasteiger partial charge in [-0.15, -0.1) is 0 Å². The van der Waals surface area contributed by atoms with Crippen LogP contribution in [0.25, 0.3) is 0 Å². The van der Waals surface area contributed by atoms with Crippen LogP contribution in [0.4, 0.5) is 10.1 Å². The van der Waals surface area contributed by atoms with E-state index in [1.165, 1.54) is 24.1 Å².